The van der Waals surface area contributed by atoms with Gasteiger partial charge in [-0.2, -0.15) is 0 Å². The van der Waals surface area contributed by atoms with Gasteiger partial charge in [0.2, 0.25) is 0 Å². The van der Waals surface area contributed by atoms with Crippen LogP contribution < -0.4 is 5.32 Å². The van der Waals surface area contributed by atoms with Crippen LogP contribution in [0.4, 0.5) is 5.69 Å². The maximum absolute atomic E-state index is 5.87. The average Bonchev–Trinajstić information content (AvgIpc) is 2.38. The Labute approximate surface area is 115 Å². The molecule has 0 aromatic heterocycles. The van der Waals surface area contributed by atoms with Crippen molar-refractivity contribution in [3.63, 3.8) is 0 Å². The molecule has 2 aromatic carbocycles. The van der Waals surface area contributed by atoms with E-state index in [0.29, 0.717) is 6.61 Å². The van der Waals surface area contributed by atoms with E-state index in [1.807, 2.05) is 12.1 Å². The van der Waals surface area contributed by atoms with Crippen LogP contribution in [-0.4, -0.2) is 0 Å². The third kappa shape index (κ3) is 2.28. The number of hydrogen-bond donors (Lipinski definition) is 1. The summed E-state index contributed by atoms with van der Waals surface area (Å²) in [6, 6.07) is 14.6. The van der Waals surface area contributed by atoms with Gasteiger partial charge in [0.05, 0.1) is 6.61 Å². The number of ether oxygens (including phenoxy) is 1. The molecule has 1 aliphatic heterocycles. The van der Waals surface area contributed by atoms with Crippen molar-refractivity contribution in [1.29, 1.82) is 0 Å². The Bertz CT molecular complexity index is 582. The van der Waals surface area contributed by atoms with Gasteiger partial charge in [0, 0.05) is 21.3 Å². The fraction of sp³-hybridized carbons (Fsp3) is 0.200. The predicted octanol–water partition coefficient (Wildman–Crippen LogP) is 4.40. The molecule has 0 radical (unpaired) electrons. The molecule has 18 heavy (non-hydrogen) atoms. The lowest BCUT2D eigenvalue weighted by Gasteiger charge is -2.28. The summed E-state index contributed by atoms with van der Waals surface area (Å²) in [5.74, 6) is 0. The first-order chi connectivity index (χ1) is 8.72. The fourth-order valence-corrected chi connectivity index (χ4v) is 2.60. The van der Waals surface area contributed by atoms with Crippen molar-refractivity contribution in [2.75, 3.05) is 5.32 Å². The summed E-state index contributed by atoms with van der Waals surface area (Å²) in [5.41, 5.74) is 4.79. The molecule has 3 rings (SSSR count). The van der Waals surface area contributed by atoms with E-state index in [0.717, 1.165) is 15.7 Å². The zero-order valence-corrected chi connectivity index (χ0v) is 11.7. The lowest BCUT2D eigenvalue weighted by Crippen LogP contribution is -2.20. The van der Waals surface area contributed by atoms with E-state index in [2.05, 4.69) is 58.5 Å². The molecule has 0 fully saturated rings. The Morgan fingerprint density at radius 3 is 2.94 bits per heavy atom. The van der Waals surface area contributed by atoms with E-state index < -0.39 is 0 Å². The number of benzene rings is 2. The lowest BCUT2D eigenvalue weighted by molar-refractivity contribution is 0.0506. The maximum Gasteiger partial charge on any atom is 0.154 e. The number of fused-ring (bicyclic) bond motifs is 1. The Hall–Kier alpha value is -1.32. The smallest absolute Gasteiger partial charge is 0.154 e. The monoisotopic (exact) mass is 303 g/mol. The van der Waals surface area contributed by atoms with Crippen molar-refractivity contribution in [1.82, 2.24) is 0 Å². The molecular formula is C15H14BrNO. The molecule has 0 bridgehead atoms. The second kappa shape index (κ2) is 4.75. The molecule has 0 spiro atoms. The van der Waals surface area contributed by atoms with E-state index >= 15 is 0 Å². The molecule has 0 saturated carbocycles. The molecule has 1 heterocycles. The Morgan fingerprint density at radius 1 is 1.22 bits per heavy atom. The third-order valence-electron chi connectivity index (χ3n) is 3.10. The number of halogens is 1. The highest BCUT2D eigenvalue weighted by atomic mass is 79.9. The lowest BCUT2D eigenvalue weighted by atomic mass is 10.1. The molecule has 0 aliphatic carbocycles. The number of aryl methyl sites for hydroxylation is 1. The molecule has 1 atom stereocenters. The van der Waals surface area contributed by atoms with Gasteiger partial charge in [-0.1, -0.05) is 45.8 Å². The molecule has 1 N–H and O–H groups in total. The van der Waals surface area contributed by atoms with Crippen molar-refractivity contribution in [3.8, 4) is 0 Å². The second-order valence-corrected chi connectivity index (χ2v) is 5.47. The predicted molar refractivity (Wildman–Crippen MR) is 76.5 cm³/mol. The Kier molecular flexibility index (Phi) is 3.10. The van der Waals surface area contributed by atoms with Gasteiger partial charge in [-0.25, -0.2) is 0 Å². The minimum atomic E-state index is -0.0716. The molecular weight excluding hydrogens is 290 g/mol. The average molecular weight is 304 g/mol. The topological polar surface area (TPSA) is 21.3 Å². The van der Waals surface area contributed by atoms with Crippen LogP contribution in [0.1, 0.15) is 22.9 Å². The molecule has 0 amide bonds. The van der Waals surface area contributed by atoms with Crippen molar-refractivity contribution < 1.29 is 4.74 Å². The largest absolute Gasteiger partial charge is 0.356 e. The summed E-state index contributed by atoms with van der Waals surface area (Å²) >= 11 is 3.49. The van der Waals surface area contributed by atoms with Gasteiger partial charge in [0.15, 0.2) is 6.23 Å². The molecule has 2 aromatic rings. The summed E-state index contributed by atoms with van der Waals surface area (Å²) < 4.78 is 6.94. The van der Waals surface area contributed by atoms with Crippen LogP contribution in [0.2, 0.25) is 0 Å². The first-order valence-electron chi connectivity index (χ1n) is 5.95. The van der Waals surface area contributed by atoms with Crippen LogP contribution >= 0.6 is 15.9 Å². The quantitative estimate of drug-likeness (QED) is 0.843. The standard InChI is InChI=1S/C15H14BrNO/c1-10-5-6-14-12(7-10)9-18-15(17-14)11-3-2-4-13(16)8-11/h2-8,15,17H,9H2,1H3. The van der Waals surface area contributed by atoms with Crippen molar-refractivity contribution in [3.05, 3.63) is 63.6 Å². The van der Waals surface area contributed by atoms with E-state index in [4.69, 9.17) is 4.74 Å². The Balaban J connectivity index is 1.89. The minimum absolute atomic E-state index is 0.0716. The number of rotatable bonds is 1. The van der Waals surface area contributed by atoms with E-state index in [9.17, 15) is 0 Å². The van der Waals surface area contributed by atoms with Crippen LogP contribution in [0.25, 0.3) is 0 Å². The van der Waals surface area contributed by atoms with Gasteiger partial charge in [0.1, 0.15) is 0 Å². The highest BCUT2D eigenvalue weighted by Crippen LogP contribution is 2.31. The first-order valence-corrected chi connectivity index (χ1v) is 6.75. The van der Waals surface area contributed by atoms with E-state index in [1.54, 1.807) is 0 Å². The van der Waals surface area contributed by atoms with Crippen molar-refractivity contribution in [2.45, 2.75) is 19.8 Å². The van der Waals surface area contributed by atoms with Gasteiger partial charge in [0.25, 0.3) is 0 Å². The van der Waals surface area contributed by atoms with Crippen molar-refractivity contribution in [2.24, 2.45) is 0 Å². The summed E-state index contributed by atoms with van der Waals surface area (Å²) in [5, 5.41) is 3.42. The third-order valence-corrected chi connectivity index (χ3v) is 3.60. The highest BCUT2D eigenvalue weighted by molar-refractivity contribution is 9.10. The van der Waals surface area contributed by atoms with E-state index in [-0.39, 0.29) is 6.23 Å². The summed E-state index contributed by atoms with van der Waals surface area (Å²) in [6.45, 7) is 2.75. The SMILES string of the molecule is Cc1ccc2c(c1)COC(c1cccc(Br)c1)N2. The van der Waals surface area contributed by atoms with E-state index in [1.165, 1.54) is 11.1 Å². The van der Waals surface area contributed by atoms with Crippen LogP contribution in [0.5, 0.6) is 0 Å². The molecule has 1 unspecified atom stereocenters. The van der Waals surface area contributed by atoms with Crippen LogP contribution in [0.15, 0.2) is 46.9 Å². The van der Waals surface area contributed by atoms with Crippen LogP contribution in [0.3, 0.4) is 0 Å². The van der Waals surface area contributed by atoms with Gasteiger partial charge < -0.3 is 10.1 Å². The summed E-state index contributed by atoms with van der Waals surface area (Å²) in [4.78, 5) is 0. The van der Waals surface area contributed by atoms with Gasteiger partial charge >= 0.3 is 0 Å². The first kappa shape index (κ1) is 11.8. The van der Waals surface area contributed by atoms with Crippen LogP contribution in [-0.2, 0) is 11.3 Å². The summed E-state index contributed by atoms with van der Waals surface area (Å²) in [6.07, 6.45) is -0.0716. The second-order valence-electron chi connectivity index (χ2n) is 4.55. The van der Waals surface area contributed by atoms with Crippen molar-refractivity contribution >= 4 is 21.6 Å². The minimum Gasteiger partial charge on any atom is -0.356 e. The Morgan fingerprint density at radius 2 is 2.11 bits per heavy atom. The zero-order valence-electron chi connectivity index (χ0n) is 10.1. The van der Waals surface area contributed by atoms with Crippen LogP contribution in [0, 0.1) is 6.92 Å². The molecule has 2 nitrogen and oxygen atoms in total. The van der Waals surface area contributed by atoms with Gasteiger partial charge in [-0.15, -0.1) is 0 Å². The summed E-state index contributed by atoms with van der Waals surface area (Å²) in [7, 11) is 0. The highest BCUT2D eigenvalue weighted by Gasteiger charge is 2.19. The van der Waals surface area contributed by atoms with Gasteiger partial charge in [-0.3, -0.25) is 0 Å². The maximum atomic E-state index is 5.87. The number of nitrogens with one attached hydrogen (secondary N) is 1. The van der Waals surface area contributed by atoms with Gasteiger partial charge in [-0.05, 0) is 25.1 Å². The molecule has 0 saturated heterocycles. The molecule has 92 valence electrons. The molecule has 1 aliphatic rings. The normalized spacial score (nSPS) is 18.0. The zero-order chi connectivity index (χ0) is 12.5. The number of hydrogen-bond acceptors (Lipinski definition) is 2. The molecule has 3 heteroatoms. The number of anilines is 1. The fourth-order valence-electron chi connectivity index (χ4n) is 2.19.